The molecule has 0 spiro atoms. The minimum absolute atomic E-state index is 0.0234. The zero-order valence-corrected chi connectivity index (χ0v) is 13.7. The van der Waals surface area contributed by atoms with Crippen LogP contribution >= 0.6 is 0 Å². The largest absolute Gasteiger partial charge is 0.358 e. The third-order valence-corrected chi connectivity index (χ3v) is 2.94. The highest BCUT2D eigenvalue weighted by atomic mass is 16.2. The van der Waals surface area contributed by atoms with Crippen LogP contribution in [0.5, 0.6) is 0 Å². The van der Waals surface area contributed by atoms with E-state index in [1.54, 1.807) is 6.20 Å². The molecule has 0 aliphatic heterocycles. The quantitative estimate of drug-likeness (QED) is 0.684. The van der Waals surface area contributed by atoms with E-state index >= 15 is 0 Å². The molecule has 0 aliphatic rings. The molecule has 3 N–H and O–H groups in total. The second-order valence-corrected chi connectivity index (χ2v) is 5.66. The summed E-state index contributed by atoms with van der Waals surface area (Å²) in [5, 5.41) is 9.20. The number of aromatic nitrogens is 2. The smallest absolute Gasteiger partial charge is 0.242 e. The predicted molar refractivity (Wildman–Crippen MR) is 86.5 cm³/mol. The van der Waals surface area contributed by atoms with Gasteiger partial charge in [-0.15, -0.1) is 0 Å². The van der Waals surface area contributed by atoms with Crippen molar-refractivity contribution in [3.63, 3.8) is 0 Å². The van der Waals surface area contributed by atoms with Gasteiger partial charge in [-0.1, -0.05) is 20.8 Å². The van der Waals surface area contributed by atoms with Gasteiger partial charge in [0.15, 0.2) is 0 Å². The summed E-state index contributed by atoms with van der Waals surface area (Å²) in [6.07, 6.45) is 2.76. The van der Waals surface area contributed by atoms with E-state index in [1.807, 2.05) is 13.8 Å². The molecule has 0 aromatic carbocycles. The van der Waals surface area contributed by atoms with Gasteiger partial charge in [-0.05, 0) is 26.2 Å². The van der Waals surface area contributed by atoms with Crippen molar-refractivity contribution in [2.75, 3.05) is 23.7 Å². The van der Waals surface area contributed by atoms with Crippen molar-refractivity contribution in [2.45, 2.75) is 47.1 Å². The standard InChI is InChI=1S/C15H27N5O/c1-6-7-16-15-18-9-11(4)13(20-15)19-12(5)14(21)17-8-10(2)3/h9-10,12H,6-8H2,1-5H3,(H,17,21)(H2,16,18,19,20). The zero-order chi connectivity index (χ0) is 15.8. The van der Waals surface area contributed by atoms with E-state index in [0.717, 1.165) is 18.5 Å². The highest BCUT2D eigenvalue weighted by Gasteiger charge is 2.14. The predicted octanol–water partition coefficient (Wildman–Crippen LogP) is 2.18. The summed E-state index contributed by atoms with van der Waals surface area (Å²) < 4.78 is 0. The Labute approximate surface area is 127 Å². The lowest BCUT2D eigenvalue weighted by atomic mass is 10.2. The summed E-state index contributed by atoms with van der Waals surface area (Å²) in [5.74, 6) is 1.69. The first kappa shape index (κ1) is 17.2. The van der Waals surface area contributed by atoms with Gasteiger partial charge < -0.3 is 16.0 Å². The van der Waals surface area contributed by atoms with Crippen molar-refractivity contribution >= 4 is 17.7 Å². The lowest BCUT2D eigenvalue weighted by molar-refractivity contribution is -0.121. The molecule has 1 aromatic rings. The monoisotopic (exact) mass is 293 g/mol. The molecule has 118 valence electrons. The zero-order valence-electron chi connectivity index (χ0n) is 13.7. The first-order valence-corrected chi connectivity index (χ1v) is 7.55. The number of aryl methyl sites for hydroxylation is 1. The maximum absolute atomic E-state index is 12.0. The summed E-state index contributed by atoms with van der Waals surface area (Å²) in [4.78, 5) is 20.6. The summed E-state index contributed by atoms with van der Waals surface area (Å²) in [6, 6.07) is -0.337. The minimum Gasteiger partial charge on any atom is -0.358 e. The van der Waals surface area contributed by atoms with Gasteiger partial charge in [-0.3, -0.25) is 4.79 Å². The summed E-state index contributed by atoms with van der Waals surface area (Å²) >= 11 is 0. The molecule has 0 radical (unpaired) electrons. The molecule has 1 atom stereocenters. The first-order valence-electron chi connectivity index (χ1n) is 7.55. The fourth-order valence-corrected chi connectivity index (χ4v) is 1.64. The topological polar surface area (TPSA) is 78.9 Å². The van der Waals surface area contributed by atoms with Gasteiger partial charge in [0.2, 0.25) is 11.9 Å². The van der Waals surface area contributed by atoms with Crippen molar-refractivity contribution in [3.8, 4) is 0 Å². The number of nitrogens with zero attached hydrogens (tertiary/aromatic N) is 2. The molecule has 0 saturated heterocycles. The third-order valence-electron chi connectivity index (χ3n) is 2.94. The SMILES string of the molecule is CCCNc1ncc(C)c(NC(C)C(=O)NCC(C)C)n1. The van der Waals surface area contributed by atoms with Crippen LogP contribution in [0.4, 0.5) is 11.8 Å². The van der Waals surface area contributed by atoms with Crippen LogP contribution < -0.4 is 16.0 Å². The fraction of sp³-hybridized carbons (Fsp3) is 0.667. The molecule has 21 heavy (non-hydrogen) atoms. The first-order chi connectivity index (χ1) is 9.93. The number of anilines is 2. The van der Waals surface area contributed by atoms with Crippen LogP contribution in [0.3, 0.4) is 0 Å². The Bertz CT molecular complexity index is 461. The second kappa shape index (κ2) is 8.44. The molecular formula is C15H27N5O. The van der Waals surface area contributed by atoms with Crippen molar-refractivity contribution in [3.05, 3.63) is 11.8 Å². The number of rotatable bonds is 8. The number of nitrogens with one attached hydrogen (secondary N) is 3. The molecule has 0 saturated carbocycles. The average molecular weight is 293 g/mol. The van der Waals surface area contributed by atoms with Crippen molar-refractivity contribution in [1.82, 2.24) is 15.3 Å². The number of carbonyl (C=O) groups excluding carboxylic acids is 1. The third kappa shape index (κ3) is 5.97. The molecule has 1 amide bonds. The molecule has 6 nitrogen and oxygen atoms in total. The molecule has 0 aliphatic carbocycles. The van der Waals surface area contributed by atoms with Crippen LogP contribution in [0.2, 0.25) is 0 Å². The molecule has 0 fully saturated rings. The van der Waals surface area contributed by atoms with E-state index in [4.69, 9.17) is 0 Å². The Morgan fingerprint density at radius 1 is 1.33 bits per heavy atom. The lowest BCUT2D eigenvalue weighted by Gasteiger charge is -2.17. The van der Waals surface area contributed by atoms with Gasteiger partial charge >= 0.3 is 0 Å². The summed E-state index contributed by atoms with van der Waals surface area (Å²) in [7, 11) is 0. The van der Waals surface area contributed by atoms with Crippen LogP contribution in [0.1, 0.15) is 39.7 Å². The molecule has 1 heterocycles. The van der Waals surface area contributed by atoms with Crippen LogP contribution in [0.25, 0.3) is 0 Å². The van der Waals surface area contributed by atoms with Gasteiger partial charge in [0.05, 0.1) is 0 Å². The minimum atomic E-state index is -0.337. The normalized spacial score (nSPS) is 12.1. The fourth-order valence-electron chi connectivity index (χ4n) is 1.64. The van der Waals surface area contributed by atoms with Gasteiger partial charge in [-0.25, -0.2) is 4.98 Å². The second-order valence-electron chi connectivity index (χ2n) is 5.66. The Balaban J connectivity index is 2.65. The van der Waals surface area contributed by atoms with E-state index in [0.29, 0.717) is 24.2 Å². The van der Waals surface area contributed by atoms with Gasteiger partial charge in [0, 0.05) is 24.8 Å². The van der Waals surface area contributed by atoms with Gasteiger partial charge in [-0.2, -0.15) is 4.98 Å². The molecule has 1 rings (SSSR count). The van der Waals surface area contributed by atoms with Gasteiger partial charge in [0.1, 0.15) is 11.9 Å². The molecule has 1 unspecified atom stereocenters. The van der Waals surface area contributed by atoms with E-state index < -0.39 is 0 Å². The van der Waals surface area contributed by atoms with Crippen molar-refractivity contribution in [1.29, 1.82) is 0 Å². The van der Waals surface area contributed by atoms with E-state index in [-0.39, 0.29) is 11.9 Å². The van der Waals surface area contributed by atoms with Gasteiger partial charge in [0.25, 0.3) is 0 Å². The summed E-state index contributed by atoms with van der Waals surface area (Å²) in [5.41, 5.74) is 0.917. The molecule has 6 heteroatoms. The molecular weight excluding hydrogens is 266 g/mol. The number of amides is 1. The Morgan fingerprint density at radius 3 is 2.67 bits per heavy atom. The molecule has 0 bridgehead atoms. The van der Waals surface area contributed by atoms with Crippen LogP contribution in [-0.2, 0) is 4.79 Å². The lowest BCUT2D eigenvalue weighted by Crippen LogP contribution is -2.39. The summed E-state index contributed by atoms with van der Waals surface area (Å²) in [6.45, 7) is 11.5. The Morgan fingerprint density at radius 2 is 2.05 bits per heavy atom. The number of hydrogen-bond acceptors (Lipinski definition) is 5. The highest BCUT2D eigenvalue weighted by molar-refractivity contribution is 5.84. The van der Waals surface area contributed by atoms with E-state index in [1.165, 1.54) is 0 Å². The van der Waals surface area contributed by atoms with Crippen LogP contribution in [0, 0.1) is 12.8 Å². The maximum atomic E-state index is 12.0. The van der Waals surface area contributed by atoms with Crippen molar-refractivity contribution < 1.29 is 4.79 Å². The van der Waals surface area contributed by atoms with Crippen molar-refractivity contribution in [2.24, 2.45) is 5.92 Å². The van der Waals surface area contributed by atoms with Crippen LogP contribution in [0.15, 0.2) is 6.20 Å². The number of hydrogen-bond donors (Lipinski definition) is 3. The Kier molecular flexibility index (Phi) is 6.91. The van der Waals surface area contributed by atoms with E-state index in [9.17, 15) is 4.79 Å². The Hall–Kier alpha value is -1.85. The highest BCUT2D eigenvalue weighted by Crippen LogP contribution is 2.13. The van der Waals surface area contributed by atoms with Crippen LogP contribution in [-0.4, -0.2) is 35.0 Å². The van der Waals surface area contributed by atoms with E-state index in [2.05, 4.69) is 46.7 Å². The average Bonchev–Trinajstić information content (AvgIpc) is 2.45. The molecule has 1 aromatic heterocycles. The maximum Gasteiger partial charge on any atom is 0.242 e. The number of carbonyl (C=O) groups is 1.